The summed E-state index contributed by atoms with van der Waals surface area (Å²) in [5.41, 5.74) is 2.16. The predicted octanol–water partition coefficient (Wildman–Crippen LogP) is 2.05. The minimum atomic E-state index is 0.702. The number of nitrogens with one attached hydrogen (secondary N) is 2. The van der Waals surface area contributed by atoms with E-state index in [1.165, 1.54) is 5.56 Å². The van der Waals surface area contributed by atoms with Crippen LogP contribution >= 0.6 is 0 Å². The third-order valence-corrected chi connectivity index (χ3v) is 3.09. The van der Waals surface area contributed by atoms with Crippen LogP contribution in [0.25, 0.3) is 0 Å². The lowest BCUT2D eigenvalue weighted by atomic mass is 10.1. The molecule has 5 nitrogen and oxygen atoms in total. The molecule has 0 fully saturated rings. The van der Waals surface area contributed by atoms with E-state index in [4.69, 9.17) is 4.52 Å². The van der Waals surface area contributed by atoms with Gasteiger partial charge in [0.2, 0.25) is 0 Å². The minimum Gasteiger partial charge on any atom is -0.361 e. The highest BCUT2D eigenvalue weighted by molar-refractivity contribution is 5.79. The molecule has 0 aliphatic carbocycles. The summed E-state index contributed by atoms with van der Waals surface area (Å²) in [6.07, 6.45) is 2.04. The summed E-state index contributed by atoms with van der Waals surface area (Å²) in [5, 5.41) is 10.6. The van der Waals surface area contributed by atoms with Crippen LogP contribution in [0.15, 0.2) is 9.52 Å². The molecular weight excluding hydrogens is 240 g/mol. The van der Waals surface area contributed by atoms with E-state index in [2.05, 4.69) is 34.6 Å². The van der Waals surface area contributed by atoms with Crippen LogP contribution in [-0.2, 0) is 6.42 Å². The Labute approximate surface area is 115 Å². The zero-order valence-electron chi connectivity index (χ0n) is 12.7. The van der Waals surface area contributed by atoms with Gasteiger partial charge in [0.1, 0.15) is 5.76 Å². The molecule has 0 amide bonds. The highest BCUT2D eigenvalue weighted by Crippen LogP contribution is 2.11. The molecule has 0 radical (unpaired) electrons. The van der Waals surface area contributed by atoms with Crippen LogP contribution in [0.1, 0.15) is 37.3 Å². The third kappa shape index (κ3) is 5.32. The largest absolute Gasteiger partial charge is 0.361 e. The number of nitrogens with zero attached hydrogens (tertiary/aromatic N) is 2. The number of hydrogen-bond acceptors (Lipinski definition) is 3. The van der Waals surface area contributed by atoms with E-state index < -0.39 is 0 Å². The standard InChI is InChI=1S/C14H26N4O/c1-10(2)6-8-16-14(15-5)17-9-7-13-11(3)18-19-12(13)4/h10H,6-9H2,1-5H3,(H2,15,16,17). The van der Waals surface area contributed by atoms with Crippen molar-refractivity contribution in [2.45, 2.75) is 40.5 Å². The smallest absolute Gasteiger partial charge is 0.190 e. The van der Waals surface area contributed by atoms with Crippen LogP contribution in [0, 0.1) is 19.8 Å². The molecule has 0 saturated carbocycles. The van der Waals surface area contributed by atoms with Crippen LogP contribution in [0.3, 0.4) is 0 Å². The van der Waals surface area contributed by atoms with Crippen molar-refractivity contribution in [1.82, 2.24) is 15.8 Å². The third-order valence-electron chi connectivity index (χ3n) is 3.09. The molecule has 0 aromatic carbocycles. The normalized spacial score (nSPS) is 12.0. The summed E-state index contributed by atoms with van der Waals surface area (Å²) < 4.78 is 5.15. The monoisotopic (exact) mass is 266 g/mol. The van der Waals surface area contributed by atoms with E-state index in [1.807, 2.05) is 13.8 Å². The Balaban J connectivity index is 2.31. The topological polar surface area (TPSA) is 62.5 Å². The number of aromatic nitrogens is 1. The molecule has 1 heterocycles. The molecule has 0 spiro atoms. The summed E-state index contributed by atoms with van der Waals surface area (Å²) >= 11 is 0. The quantitative estimate of drug-likeness (QED) is 0.611. The van der Waals surface area contributed by atoms with Gasteiger partial charge in [0, 0.05) is 25.7 Å². The lowest BCUT2D eigenvalue weighted by Gasteiger charge is -2.12. The predicted molar refractivity (Wildman–Crippen MR) is 78.5 cm³/mol. The molecule has 0 aliphatic rings. The van der Waals surface area contributed by atoms with Gasteiger partial charge in [-0.05, 0) is 32.6 Å². The van der Waals surface area contributed by atoms with Gasteiger partial charge in [0.05, 0.1) is 5.69 Å². The average Bonchev–Trinajstić information content (AvgIpc) is 2.68. The summed E-state index contributed by atoms with van der Waals surface area (Å²) in [4.78, 5) is 4.20. The maximum Gasteiger partial charge on any atom is 0.190 e. The van der Waals surface area contributed by atoms with Crippen molar-refractivity contribution in [2.24, 2.45) is 10.9 Å². The van der Waals surface area contributed by atoms with Crippen LogP contribution in [0.2, 0.25) is 0 Å². The molecule has 1 aromatic heterocycles. The summed E-state index contributed by atoms with van der Waals surface area (Å²) in [6.45, 7) is 10.1. The first-order chi connectivity index (χ1) is 9.04. The molecule has 1 aromatic rings. The Morgan fingerprint density at radius 1 is 1.26 bits per heavy atom. The van der Waals surface area contributed by atoms with E-state index in [9.17, 15) is 0 Å². The first kappa shape index (κ1) is 15.5. The van der Waals surface area contributed by atoms with Gasteiger partial charge in [-0.25, -0.2) is 0 Å². The molecule has 0 bridgehead atoms. The van der Waals surface area contributed by atoms with E-state index in [-0.39, 0.29) is 0 Å². The summed E-state index contributed by atoms with van der Waals surface area (Å²) in [7, 11) is 1.79. The van der Waals surface area contributed by atoms with E-state index in [0.717, 1.165) is 43.3 Å². The van der Waals surface area contributed by atoms with Crippen LogP contribution in [0.4, 0.5) is 0 Å². The first-order valence-corrected chi connectivity index (χ1v) is 6.90. The fourth-order valence-electron chi connectivity index (χ4n) is 1.86. The van der Waals surface area contributed by atoms with E-state index in [1.54, 1.807) is 7.05 Å². The SMILES string of the molecule is CN=C(NCCc1c(C)noc1C)NCCC(C)C. The fourth-order valence-corrected chi connectivity index (χ4v) is 1.86. The zero-order valence-corrected chi connectivity index (χ0v) is 12.7. The van der Waals surface area contributed by atoms with Gasteiger partial charge in [-0.1, -0.05) is 19.0 Å². The minimum absolute atomic E-state index is 0.702. The molecular formula is C14H26N4O. The van der Waals surface area contributed by atoms with E-state index >= 15 is 0 Å². The summed E-state index contributed by atoms with van der Waals surface area (Å²) in [5.74, 6) is 2.46. The Kier molecular flexibility index (Phi) is 6.39. The van der Waals surface area contributed by atoms with Gasteiger partial charge < -0.3 is 15.2 Å². The maximum atomic E-state index is 5.15. The summed E-state index contributed by atoms with van der Waals surface area (Å²) in [6, 6.07) is 0. The number of aliphatic imine (C=N–C) groups is 1. The number of guanidine groups is 1. The van der Waals surface area contributed by atoms with E-state index in [0.29, 0.717) is 5.92 Å². The molecule has 19 heavy (non-hydrogen) atoms. The van der Waals surface area contributed by atoms with Crippen molar-refractivity contribution in [2.75, 3.05) is 20.1 Å². The Bertz CT molecular complexity index is 390. The number of aryl methyl sites for hydroxylation is 2. The van der Waals surface area contributed by atoms with Crippen molar-refractivity contribution < 1.29 is 4.52 Å². The number of hydrogen-bond donors (Lipinski definition) is 2. The second-order valence-corrected chi connectivity index (χ2v) is 5.16. The highest BCUT2D eigenvalue weighted by Gasteiger charge is 2.08. The Hall–Kier alpha value is -1.52. The molecule has 1 rings (SSSR count). The van der Waals surface area contributed by atoms with Crippen molar-refractivity contribution in [3.63, 3.8) is 0 Å². The second kappa shape index (κ2) is 7.81. The maximum absolute atomic E-state index is 5.15. The van der Waals surface area contributed by atoms with Crippen LogP contribution < -0.4 is 10.6 Å². The van der Waals surface area contributed by atoms with Crippen molar-refractivity contribution in [1.29, 1.82) is 0 Å². The van der Waals surface area contributed by atoms with Crippen LogP contribution in [-0.4, -0.2) is 31.3 Å². The lowest BCUT2D eigenvalue weighted by Crippen LogP contribution is -2.39. The van der Waals surface area contributed by atoms with Gasteiger partial charge in [-0.3, -0.25) is 4.99 Å². The second-order valence-electron chi connectivity index (χ2n) is 5.16. The van der Waals surface area contributed by atoms with Gasteiger partial charge in [0.15, 0.2) is 5.96 Å². The molecule has 108 valence electrons. The van der Waals surface area contributed by atoms with Gasteiger partial charge >= 0.3 is 0 Å². The Morgan fingerprint density at radius 2 is 1.95 bits per heavy atom. The molecule has 0 atom stereocenters. The molecule has 0 saturated heterocycles. The Morgan fingerprint density at radius 3 is 2.47 bits per heavy atom. The molecule has 0 aliphatic heterocycles. The van der Waals surface area contributed by atoms with Gasteiger partial charge in [-0.2, -0.15) is 0 Å². The first-order valence-electron chi connectivity index (χ1n) is 6.90. The van der Waals surface area contributed by atoms with Gasteiger partial charge in [0.25, 0.3) is 0 Å². The van der Waals surface area contributed by atoms with Crippen molar-refractivity contribution in [3.8, 4) is 0 Å². The molecule has 0 unspecified atom stereocenters. The van der Waals surface area contributed by atoms with Crippen molar-refractivity contribution in [3.05, 3.63) is 17.0 Å². The highest BCUT2D eigenvalue weighted by atomic mass is 16.5. The molecule has 2 N–H and O–H groups in total. The molecule has 5 heteroatoms. The number of rotatable bonds is 6. The van der Waals surface area contributed by atoms with Crippen LogP contribution in [0.5, 0.6) is 0 Å². The van der Waals surface area contributed by atoms with Crippen molar-refractivity contribution >= 4 is 5.96 Å². The lowest BCUT2D eigenvalue weighted by molar-refractivity contribution is 0.392. The zero-order chi connectivity index (χ0) is 14.3. The van der Waals surface area contributed by atoms with Gasteiger partial charge in [-0.15, -0.1) is 0 Å². The average molecular weight is 266 g/mol. The fraction of sp³-hybridized carbons (Fsp3) is 0.714.